The zero-order chi connectivity index (χ0) is 17.3. The molecular formula is C17H22N3Na3O3S. The summed E-state index contributed by atoms with van der Waals surface area (Å²) < 4.78 is 23.3. The number of pyridine rings is 1. The molecule has 0 spiro atoms. The van der Waals surface area contributed by atoms with E-state index in [-0.39, 0.29) is 94.4 Å². The van der Waals surface area contributed by atoms with E-state index in [1.807, 2.05) is 32.0 Å². The predicted octanol–water partition coefficient (Wildman–Crippen LogP) is 0.954. The van der Waals surface area contributed by atoms with Crippen LogP contribution in [0.4, 0.5) is 0 Å². The summed E-state index contributed by atoms with van der Waals surface area (Å²) in [6, 6.07) is 5.51. The topological polar surface area (TPSA) is 83.1 Å². The number of nitrogens with one attached hydrogen (secondary N) is 1. The van der Waals surface area contributed by atoms with Crippen molar-refractivity contribution in [2.24, 2.45) is 0 Å². The molecule has 10 heteroatoms. The first-order valence-electron chi connectivity index (χ1n) is 7.44. The molecule has 132 valence electrons. The summed E-state index contributed by atoms with van der Waals surface area (Å²) in [7, 11) is 3.23. The Morgan fingerprint density at radius 2 is 1.81 bits per heavy atom. The monoisotopic (exact) mass is 417 g/mol. The summed E-state index contributed by atoms with van der Waals surface area (Å²) in [5.41, 5.74) is 4.16. The number of aromatic nitrogens is 3. The Morgan fingerprint density at radius 1 is 1.11 bits per heavy atom. The summed E-state index contributed by atoms with van der Waals surface area (Å²) in [4.78, 5) is 11.9. The average molecular weight is 417 g/mol. The van der Waals surface area contributed by atoms with Crippen LogP contribution in [0, 0.1) is 13.8 Å². The maximum absolute atomic E-state index is 12.7. The standard InChI is InChI=1S/C17H19N3O3S.3Na.3H/c1-10-8-18-15(11(2)16(10)23-4)9-24(21)17-19-13-6-5-12(22-3)7-14(13)20-17;;;;;;/h5-8H,9H2,1-4H3,(H,19,20);;;;;;/t24-;;;;;;/m0....../s1. The first kappa shape index (κ1) is 27.8. The van der Waals surface area contributed by atoms with Gasteiger partial charge in [0.15, 0.2) is 5.75 Å². The van der Waals surface area contributed by atoms with Crippen molar-refractivity contribution in [2.75, 3.05) is 14.2 Å². The van der Waals surface area contributed by atoms with E-state index in [0.29, 0.717) is 10.9 Å². The van der Waals surface area contributed by atoms with Gasteiger partial charge in [0, 0.05) is 34.6 Å². The Balaban J connectivity index is 0.00000225. The number of nitrogens with zero attached hydrogens (tertiary/aromatic N) is 2. The summed E-state index contributed by atoms with van der Waals surface area (Å²) in [6.45, 7) is 3.86. The van der Waals surface area contributed by atoms with Crippen molar-refractivity contribution >= 4 is 111 Å². The zero-order valence-electron chi connectivity index (χ0n) is 14.0. The third kappa shape index (κ3) is 6.36. The molecule has 0 radical (unpaired) electrons. The first-order chi connectivity index (χ1) is 11.5. The van der Waals surface area contributed by atoms with Crippen molar-refractivity contribution in [3.63, 3.8) is 0 Å². The van der Waals surface area contributed by atoms with Crippen LogP contribution in [-0.4, -0.2) is 122 Å². The van der Waals surface area contributed by atoms with Gasteiger partial charge in [-0.2, -0.15) is 4.98 Å². The van der Waals surface area contributed by atoms with Crippen molar-refractivity contribution in [3.8, 4) is 11.5 Å². The fourth-order valence-electron chi connectivity index (χ4n) is 2.61. The average Bonchev–Trinajstić information content (AvgIpc) is 3.01. The quantitative estimate of drug-likeness (QED) is 0.494. The Hall–Kier alpha value is 0.750. The molecule has 1 aromatic carbocycles. The van der Waals surface area contributed by atoms with Gasteiger partial charge in [0.1, 0.15) is 11.5 Å². The molecule has 0 aliphatic carbocycles. The molecule has 1 atom stereocenters. The fourth-order valence-corrected chi connectivity index (χ4v) is 3.71. The molecule has 3 aromatic rings. The minimum atomic E-state index is -1.33. The van der Waals surface area contributed by atoms with E-state index in [2.05, 4.69) is 15.0 Å². The van der Waals surface area contributed by atoms with Gasteiger partial charge >= 0.3 is 93.8 Å². The number of rotatable bonds is 5. The molecular weight excluding hydrogens is 395 g/mol. The van der Waals surface area contributed by atoms with Gasteiger partial charge in [-0.3, -0.25) is 9.97 Å². The van der Waals surface area contributed by atoms with Crippen LogP contribution in [0.1, 0.15) is 16.8 Å². The van der Waals surface area contributed by atoms with E-state index in [4.69, 9.17) is 9.47 Å². The molecule has 0 saturated carbocycles. The van der Waals surface area contributed by atoms with Crippen LogP contribution >= 0.6 is 0 Å². The van der Waals surface area contributed by atoms with Crippen LogP contribution in [0.2, 0.25) is 0 Å². The van der Waals surface area contributed by atoms with Crippen molar-refractivity contribution in [1.82, 2.24) is 15.0 Å². The van der Waals surface area contributed by atoms with Crippen LogP contribution in [-0.2, 0) is 16.9 Å². The van der Waals surface area contributed by atoms with Crippen molar-refractivity contribution in [3.05, 3.63) is 41.2 Å². The van der Waals surface area contributed by atoms with Crippen molar-refractivity contribution in [1.29, 1.82) is 0 Å². The van der Waals surface area contributed by atoms with Gasteiger partial charge in [0.25, 0.3) is 0 Å². The number of fused-ring (bicyclic) bond motifs is 1. The zero-order valence-corrected chi connectivity index (χ0v) is 14.9. The van der Waals surface area contributed by atoms with E-state index in [1.54, 1.807) is 20.4 Å². The molecule has 0 saturated heterocycles. The molecule has 1 N–H and O–H groups in total. The molecule has 3 rings (SSSR count). The number of methoxy groups -OCH3 is 2. The predicted molar refractivity (Wildman–Crippen MR) is 114 cm³/mol. The molecule has 0 aliphatic heterocycles. The summed E-state index contributed by atoms with van der Waals surface area (Å²) in [5, 5.41) is 0.430. The first-order valence-corrected chi connectivity index (χ1v) is 8.76. The number of hydrogen-bond donors (Lipinski definition) is 1. The van der Waals surface area contributed by atoms with Crippen LogP contribution in [0.3, 0.4) is 0 Å². The van der Waals surface area contributed by atoms with Gasteiger partial charge in [-0.1, -0.05) is 0 Å². The second-order valence-corrected chi connectivity index (χ2v) is 6.83. The van der Waals surface area contributed by atoms with Gasteiger partial charge in [-0.15, -0.1) is 0 Å². The second-order valence-electron chi connectivity index (χ2n) is 5.46. The molecule has 0 unspecified atom stereocenters. The minimum absolute atomic E-state index is 0. The molecule has 0 bridgehead atoms. The van der Waals surface area contributed by atoms with E-state index in [9.17, 15) is 4.55 Å². The van der Waals surface area contributed by atoms with Crippen molar-refractivity contribution < 1.29 is 14.0 Å². The third-order valence-corrected chi connectivity index (χ3v) is 5.06. The molecule has 6 nitrogen and oxygen atoms in total. The van der Waals surface area contributed by atoms with Gasteiger partial charge < -0.3 is 14.0 Å². The molecule has 27 heavy (non-hydrogen) atoms. The maximum atomic E-state index is 12.7. The number of benzene rings is 1. The van der Waals surface area contributed by atoms with E-state index < -0.39 is 11.2 Å². The van der Waals surface area contributed by atoms with Gasteiger partial charge in [-0.05, 0) is 26.0 Å². The Bertz CT molecular complexity index is 892. The van der Waals surface area contributed by atoms with E-state index >= 15 is 0 Å². The Kier molecular flexibility index (Phi) is 12.8. The molecule has 2 aromatic heterocycles. The SMILES string of the molecule is COc1ccc2[nH]c([S@@+]([O-])Cc3ncc(C)c(OC)c3C)nc2c1.[NaH].[NaH].[NaH]. The van der Waals surface area contributed by atoms with Crippen LogP contribution in [0.15, 0.2) is 29.6 Å². The van der Waals surface area contributed by atoms with Gasteiger partial charge in [0.2, 0.25) is 0 Å². The van der Waals surface area contributed by atoms with Crippen LogP contribution in [0.5, 0.6) is 11.5 Å². The Labute approximate surface area is 228 Å². The number of H-pyrrole nitrogens is 1. The molecule has 0 fully saturated rings. The van der Waals surface area contributed by atoms with E-state index in [1.165, 1.54) is 0 Å². The summed E-state index contributed by atoms with van der Waals surface area (Å²) in [6.07, 6.45) is 1.74. The number of aryl methyl sites for hydroxylation is 1. The van der Waals surface area contributed by atoms with Crippen LogP contribution < -0.4 is 9.47 Å². The molecule has 2 heterocycles. The third-order valence-electron chi connectivity index (χ3n) is 3.90. The van der Waals surface area contributed by atoms with Gasteiger partial charge in [0.05, 0.1) is 30.9 Å². The number of aromatic amines is 1. The molecule has 0 aliphatic rings. The number of imidazole rings is 1. The fraction of sp³-hybridized carbons (Fsp3) is 0.294. The summed E-state index contributed by atoms with van der Waals surface area (Å²) >= 11 is -1.33. The van der Waals surface area contributed by atoms with E-state index in [0.717, 1.165) is 33.6 Å². The molecule has 0 amide bonds. The van der Waals surface area contributed by atoms with Crippen LogP contribution in [0.25, 0.3) is 11.0 Å². The number of hydrogen-bond acceptors (Lipinski definition) is 5. The van der Waals surface area contributed by atoms with Crippen molar-refractivity contribution in [2.45, 2.75) is 24.8 Å². The Morgan fingerprint density at radius 3 is 2.44 bits per heavy atom. The number of ether oxygens (including phenoxy) is 2. The second kappa shape index (κ2) is 12.4. The van der Waals surface area contributed by atoms with Gasteiger partial charge in [-0.25, -0.2) is 0 Å². The summed E-state index contributed by atoms with van der Waals surface area (Å²) in [5.74, 6) is 1.78. The normalized spacial score (nSPS) is 11.0.